The smallest absolute Gasteiger partial charge is 0.419 e. The second-order valence-corrected chi connectivity index (χ2v) is 7.99. The largest absolute Gasteiger partial charge is 0.491 e. The van der Waals surface area contributed by atoms with E-state index in [0.29, 0.717) is 20.7 Å². The lowest BCUT2D eigenvalue weighted by Crippen LogP contribution is -2.18. The molecule has 0 spiro atoms. The molecule has 0 fully saturated rings. The standard InChI is InChI=1S/C18H16F3NO3S2/c1-10(2)24-11-3-5-12(6-4-11)25-17-22-9-15(27-17)13-7-8-14(26-13)16(23)18(19,20)21/h3-10,16,23H,1-2H3. The van der Waals surface area contributed by atoms with Gasteiger partial charge < -0.3 is 14.6 Å². The van der Waals surface area contributed by atoms with Crippen LogP contribution in [0.1, 0.15) is 24.8 Å². The summed E-state index contributed by atoms with van der Waals surface area (Å²) in [5.74, 6) is 1.30. The van der Waals surface area contributed by atoms with Crippen molar-refractivity contribution in [2.24, 2.45) is 0 Å². The van der Waals surface area contributed by atoms with Gasteiger partial charge in [0.15, 0.2) is 6.10 Å². The van der Waals surface area contributed by atoms with Gasteiger partial charge in [-0.1, -0.05) is 11.3 Å². The number of nitrogens with zero attached hydrogens (tertiary/aromatic N) is 1. The number of alkyl halides is 3. The molecule has 0 amide bonds. The number of hydrogen-bond donors (Lipinski definition) is 1. The predicted molar refractivity (Wildman–Crippen MR) is 98.7 cm³/mol. The van der Waals surface area contributed by atoms with Crippen LogP contribution in [-0.2, 0) is 0 Å². The number of ether oxygens (including phenoxy) is 2. The highest BCUT2D eigenvalue weighted by molar-refractivity contribution is 7.22. The van der Waals surface area contributed by atoms with Crippen LogP contribution in [0.3, 0.4) is 0 Å². The molecular formula is C18H16F3NO3S2. The Bertz CT molecular complexity index is 888. The third-order valence-electron chi connectivity index (χ3n) is 3.33. The lowest BCUT2D eigenvalue weighted by atomic mass is 10.3. The van der Waals surface area contributed by atoms with E-state index >= 15 is 0 Å². The average molecular weight is 415 g/mol. The Labute approximate surface area is 161 Å². The van der Waals surface area contributed by atoms with Crippen molar-refractivity contribution in [3.8, 4) is 26.4 Å². The maximum Gasteiger partial charge on any atom is 0.419 e. The third-order valence-corrected chi connectivity index (χ3v) is 5.54. The first-order valence-electron chi connectivity index (χ1n) is 7.97. The highest BCUT2D eigenvalue weighted by Crippen LogP contribution is 2.41. The number of halogens is 3. The highest BCUT2D eigenvalue weighted by Gasteiger charge is 2.40. The summed E-state index contributed by atoms with van der Waals surface area (Å²) in [5.41, 5.74) is 0. The number of thiophene rings is 1. The molecule has 3 rings (SSSR count). The minimum Gasteiger partial charge on any atom is -0.491 e. The summed E-state index contributed by atoms with van der Waals surface area (Å²) in [4.78, 5) is 5.24. The molecule has 9 heteroatoms. The van der Waals surface area contributed by atoms with Gasteiger partial charge in [-0.2, -0.15) is 13.2 Å². The van der Waals surface area contributed by atoms with Gasteiger partial charge in [-0.15, -0.1) is 11.3 Å². The SMILES string of the molecule is CC(C)Oc1ccc(Oc2ncc(-c3ccc(C(O)C(F)(F)F)s3)s2)cc1. The van der Waals surface area contributed by atoms with Crippen molar-refractivity contribution in [1.82, 2.24) is 4.98 Å². The molecule has 27 heavy (non-hydrogen) atoms. The van der Waals surface area contributed by atoms with E-state index in [1.165, 1.54) is 29.7 Å². The molecule has 0 saturated carbocycles. The van der Waals surface area contributed by atoms with Gasteiger partial charge in [-0.25, -0.2) is 4.98 Å². The summed E-state index contributed by atoms with van der Waals surface area (Å²) in [6, 6.07) is 9.88. The average Bonchev–Trinajstić information content (AvgIpc) is 3.24. The molecule has 2 heterocycles. The Hall–Kier alpha value is -2.10. The summed E-state index contributed by atoms with van der Waals surface area (Å²) in [7, 11) is 0. The number of benzene rings is 1. The third kappa shape index (κ3) is 5.00. The predicted octanol–water partition coefficient (Wildman–Crippen LogP) is 6.05. The summed E-state index contributed by atoms with van der Waals surface area (Å²) >= 11 is 2.09. The van der Waals surface area contributed by atoms with Crippen molar-refractivity contribution >= 4 is 22.7 Å². The van der Waals surface area contributed by atoms with Crippen LogP contribution in [0.15, 0.2) is 42.6 Å². The quantitative estimate of drug-likeness (QED) is 0.533. The van der Waals surface area contributed by atoms with Crippen molar-refractivity contribution in [2.75, 3.05) is 0 Å². The summed E-state index contributed by atoms with van der Waals surface area (Å²) in [6.45, 7) is 3.87. The Morgan fingerprint density at radius 2 is 1.63 bits per heavy atom. The van der Waals surface area contributed by atoms with Crippen LogP contribution in [0.25, 0.3) is 9.75 Å². The van der Waals surface area contributed by atoms with Gasteiger partial charge in [-0.3, -0.25) is 0 Å². The second-order valence-electron chi connectivity index (χ2n) is 5.88. The topological polar surface area (TPSA) is 51.6 Å². The summed E-state index contributed by atoms with van der Waals surface area (Å²) < 4.78 is 49.1. The molecule has 2 aromatic heterocycles. The molecule has 1 aromatic carbocycles. The molecule has 0 saturated heterocycles. The normalized spacial score (nSPS) is 13.0. The maximum atomic E-state index is 12.6. The van der Waals surface area contributed by atoms with Gasteiger partial charge in [0, 0.05) is 9.75 Å². The molecule has 0 bridgehead atoms. The second kappa shape index (κ2) is 7.87. The fourth-order valence-electron chi connectivity index (χ4n) is 2.17. The van der Waals surface area contributed by atoms with Crippen molar-refractivity contribution < 1.29 is 27.8 Å². The van der Waals surface area contributed by atoms with E-state index in [2.05, 4.69) is 4.98 Å². The van der Waals surface area contributed by atoms with E-state index in [0.717, 1.165) is 17.1 Å². The highest BCUT2D eigenvalue weighted by atomic mass is 32.1. The molecule has 0 aliphatic rings. The lowest BCUT2D eigenvalue weighted by molar-refractivity contribution is -0.205. The van der Waals surface area contributed by atoms with Gasteiger partial charge in [0.2, 0.25) is 0 Å². The molecule has 0 radical (unpaired) electrons. The van der Waals surface area contributed by atoms with Crippen LogP contribution in [-0.4, -0.2) is 22.4 Å². The van der Waals surface area contributed by atoms with Crippen molar-refractivity contribution in [1.29, 1.82) is 0 Å². The number of aliphatic hydroxyl groups is 1. The Morgan fingerprint density at radius 1 is 0.963 bits per heavy atom. The maximum absolute atomic E-state index is 12.6. The van der Waals surface area contributed by atoms with Crippen LogP contribution >= 0.6 is 22.7 Å². The van der Waals surface area contributed by atoms with E-state index in [4.69, 9.17) is 9.47 Å². The number of rotatable bonds is 6. The van der Waals surface area contributed by atoms with Crippen LogP contribution in [0, 0.1) is 0 Å². The van der Waals surface area contributed by atoms with Crippen molar-refractivity contribution in [3.63, 3.8) is 0 Å². The summed E-state index contributed by atoms with van der Waals surface area (Å²) in [5, 5.41) is 9.70. The number of thiazole rings is 1. The minimum absolute atomic E-state index is 0.0739. The van der Waals surface area contributed by atoms with E-state index in [1.54, 1.807) is 24.3 Å². The molecule has 1 N–H and O–H groups in total. The zero-order valence-corrected chi connectivity index (χ0v) is 16.0. The van der Waals surface area contributed by atoms with Gasteiger partial charge in [0.25, 0.3) is 5.19 Å². The first-order valence-corrected chi connectivity index (χ1v) is 9.61. The lowest BCUT2D eigenvalue weighted by Gasteiger charge is -2.11. The molecule has 4 nitrogen and oxygen atoms in total. The monoisotopic (exact) mass is 415 g/mol. The number of hydrogen-bond acceptors (Lipinski definition) is 6. The van der Waals surface area contributed by atoms with Crippen molar-refractivity contribution in [2.45, 2.75) is 32.2 Å². The number of aromatic nitrogens is 1. The molecule has 1 unspecified atom stereocenters. The molecule has 3 aromatic rings. The van der Waals surface area contributed by atoms with Crippen LogP contribution in [0.4, 0.5) is 13.2 Å². The fraction of sp³-hybridized carbons (Fsp3) is 0.278. The fourth-order valence-corrected chi connectivity index (χ4v) is 4.05. The molecule has 0 aliphatic heterocycles. The molecule has 1 atom stereocenters. The van der Waals surface area contributed by atoms with Crippen molar-refractivity contribution in [3.05, 3.63) is 47.5 Å². The van der Waals surface area contributed by atoms with Crippen LogP contribution < -0.4 is 9.47 Å². The first-order chi connectivity index (χ1) is 12.7. The van der Waals surface area contributed by atoms with Crippen LogP contribution in [0.2, 0.25) is 0 Å². The summed E-state index contributed by atoms with van der Waals surface area (Å²) in [6.07, 6.45) is -5.56. The van der Waals surface area contributed by atoms with Gasteiger partial charge in [0.1, 0.15) is 11.5 Å². The van der Waals surface area contributed by atoms with Gasteiger partial charge >= 0.3 is 6.18 Å². The Kier molecular flexibility index (Phi) is 5.73. The van der Waals surface area contributed by atoms with E-state index in [1.807, 2.05) is 13.8 Å². The zero-order valence-electron chi connectivity index (χ0n) is 14.4. The zero-order chi connectivity index (χ0) is 19.6. The van der Waals surface area contributed by atoms with Crippen LogP contribution in [0.5, 0.6) is 16.7 Å². The van der Waals surface area contributed by atoms with E-state index < -0.39 is 12.3 Å². The van der Waals surface area contributed by atoms with E-state index in [9.17, 15) is 18.3 Å². The van der Waals surface area contributed by atoms with Gasteiger partial charge in [0.05, 0.1) is 17.2 Å². The number of aliphatic hydroxyl groups excluding tert-OH is 1. The Morgan fingerprint density at radius 3 is 2.26 bits per heavy atom. The molecule has 144 valence electrons. The van der Waals surface area contributed by atoms with Gasteiger partial charge in [-0.05, 0) is 50.2 Å². The molecule has 0 aliphatic carbocycles. The first kappa shape index (κ1) is 19.7. The minimum atomic E-state index is -4.68. The van der Waals surface area contributed by atoms with E-state index in [-0.39, 0.29) is 11.0 Å². The molecular weight excluding hydrogens is 399 g/mol. The Balaban J connectivity index is 1.69.